The molecule has 0 saturated heterocycles. The molecule has 1 aromatic rings. The number of halogens is 1. The van der Waals surface area contributed by atoms with Crippen molar-refractivity contribution in [1.82, 2.24) is 0 Å². The second-order valence-corrected chi connectivity index (χ2v) is 3.62. The largest absolute Gasteiger partial charge is 0.503 e. The number of carbonyl (C=O) groups is 1. The van der Waals surface area contributed by atoms with Gasteiger partial charge in [-0.15, -0.1) is 0 Å². The summed E-state index contributed by atoms with van der Waals surface area (Å²) in [5.74, 6) is -1.09. The van der Waals surface area contributed by atoms with E-state index in [9.17, 15) is 9.90 Å². The van der Waals surface area contributed by atoms with E-state index < -0.39 is 12.0 Å². The van der Waals surface area contributed by atoms with Crippen molar-refractivity contribution in [2.24, 2.45) is 5.73 Å². The van der Waals surface area contributed by atoms with E-state index in [1.807, 2.05) is 0 Å². The fourth-order valence-corrected chi connectivity index (χ4v) is 1.47. The molecule has 0 aliphatic rings. The van der Waals surface area contributed by atoms with E-state index >= 15 is 0 Å². The number of nitrogens with two attached hydrogens (primary N) is 1. The predicted molar refractivity (Wildman–Crippen MR) is 59.0 cm³/mol. The number of carboxylic acids is 1. The average molecular weight is 246 g/mol. The lowest BCUT2D eigenvalue weighted by Gasteiger charge is -2.11. The molecule has 88 valence electrons. The van der Waals surface area contributed by atoms with Crippen LogP contribution in [0.5, 0.6) is 11.5 Å². The van der Waals surface area contributed by atoms with E-state index in [0.29, 0.717) is 5.56 Å². The van der Waals surface area contributed by atoms with Gasteiger partial charge in [0.25, 0.3) is 0 Å². The molecule has 0 aromatic heterocycles. The zero-order valence-electron chi connectivity index (χ0n) is 8.61. The highest BCUT2D eigenvalue weighted by atomic mass is 35.5. The topological polar surface area (TPSA) is 92.8 Å². The van der Waals surface area contributed by atoms with Gasteiger partial charge < -0.3 is 20.7 Å². The van der Waals surface area contributed by atoms with Crippen molar-refractivity contribution >= 4 is 17.6 Å². The number of phenolic OH excluding ortho intramolecular Hbond substituents is 1. The smallest absolute Gasteiger partial charge is 0.320 e. The first-order valence-corrected chi connectivity index (χ1v) is 4.88. The van der Waals surface area contributed by atoms with E-state index in [2.05, 4.69) is 0 Å². The summed E-state index contributed by atoms with van der Waals surface area (Å²) in [5.41, 5.74) is 5.83. The first kappa shape index (κ1) is 12.6. The highest BCUT2D eigenvalue weighted by molar-refractivity contribution is 6.33. The summed E-state index contributed by atoms with van der Waals surface area (Å²) in [6.07, 6.45) is 0.0473. The van der Waals surface area contributed by atoms with Gasteiger partial charge in [0.1, 0.15) is 6.04 Å². The number of aliphatic carboxylic acids is 1. The Hall–Kier alpha value is -1.46. The summed E-state index contributed by atoms with van der Waals surface area (Å²) >= 11 is 5.85. The zero-order chi connectivity index (χ0) is 12.3. The highest BCUT2D eigenvalue weighted by Crippen LogP contribution is 2.36. The Bertz CT molecular complexity index is 408. The van der Waals surface area contributed by atoms with Gasteiger partial charge in [-0.05, 0) is 18.1 Å². The molecule has 1 atom stereocenters. The molecule has 4 N–H and O–H groups in total. The Morgan fingerprint density at radius 3 is 2.75 bits per heavy atom. The van der Waals surface area contributed by atoms with Crippen LogP contribution < -0.4 is 10.5 Å². The van der Waals surface area contributed by atoms with E-state index in [-0.39, 0.29) is 22.9 Å². The average Bonchev–Trinajstić information content (AvgIpc) is 2.25. The van der Waals surface area contributed by atoms with Crippen LogP contribution in [0, 0.1) is 0 Å². The number of hydrogen-bond donors (Lipinski definition) is 3. The summed E-state index contributed by atoms with van der Waals surface area (Å²) < 4.78 is 4.85. The Labute approximate surface area is 97.4 Å². The van der Waals surface area contributed by atoms with E-state index in [1.54, 1.807) is 6.07 Å². The Morgan fingerprint density at radius 2 is 2.25 bits per heavy atom. The van der Waals surface area contributed by atoms with Gasteiger partial charge in [-0.3, -0.25) is 4.79 Å². The molecule has 16 heavy (non-hydrogen) atoms. The molecule has 0 saturated carbocycles. The minimum absolute atomic E-state index is 0.0473. The SMILES string of the molecule is COc1ccc(C[C@@H](N)C(=O)O)c(Cl)c1O. The Morgan fingerprint density at radius 1 is 1.62 bits per heavy atom. The Kier molecular flexibility index (Phi) is 3.98. The number of phenols is 1. The van der Waals surface area contributed by atoms with Crippen LogP contribution >= 0.6 is 11.6 Å². The molecule has 0 aliphatic carbocycles. The lowest BCUT2D eigenvalue weighted by Crippen LogP contribution is -2.32. The molecule has 0 fully saturated rings. The maximum absolute atomic E-state index is 10.6. The molecule has 1 rings (SSSR count). The van der Waals surface area contributed by atoms with Crippen molar-refractivity contribution in [3.8, 4) is 11.5 Å². The maximum atomic E-state index is 10.6. The molecule has 0 heterocycles. The van der Waals surface area contributed by atoms with Gasteiger partial charge in [0.15, 0.2) is 11.5 Å². The van der Waals surface area contributed by atoms with Crippen molar-refractivity contribution < 1.29 is 19.7 Å². The normalized spacial score (nSPS) is 12.2. The molecule has 0 aliphatic heterocycles. The quantitative estimate of drug-likeness (QED) is 0.736. The number of aromatic hydroxyl groups is 1. The minimum atomic E-state index is -1.12. The number of benzene rings is 1. The first-order chi connectivity index (χ1) is 7.47. The first-order valence-electron chi connectivity index (χ1n) is 4.50. The second-order valence-electron chi connectivity index (χ2n) is 3.24. The monoisotopic (exact) mass is 245 g/mol. The molecular weight excluding hydrogens is 234 g/mol. The van der Waals surface area contributed by atoms with Crippen LogP contribution in [0.3, 0.4) is 0 Å². The minimum Gasteiger partial charge on any atom is -0.503 e. The van der Waals surface area contributed by atoms with Crippen LogP contribution in [0.2, 0.25) is 5.02 Å². The summed E-state index contributed by atoms with van der Waals surface area (Å²) in [7, 11) is 1.40. The molecule has 5 nitrogen and oxygen atoms in total. The van der Waals surface area contributed by atoms with Gasteiger partial charge in [0, 0.05) is 0 Å². The van der Waals surface area contributed by atoms with Crippen LogP contribution in [-0.2, 0) is 11.2 Å². The zero-order valence-corrected chi connectivity index (χ0v) is 9.36. The summed E-state index contributed by atoms with van der Waals surface area (Å²) in [6, 6.07) is 2.03. The third kappa shape index (κ3) is 2.56. The highest BCUT2D eigenvalue weighted by Gasteiger charge is 2.17. The molecule has 6 heteroatoms. The summed E-state index contributed by atoms with van der Waals surface area (Å²) in [6.45, 7) is 0. The molecule has 0 bridgehead atoms. The van der Waals surface area contributed by atoms with Gasteiger partial charge in [0.2, 0.25) is 0 Å². The van der Waals surface area contributed by atoms with Crippen LogP contribution in [-0.4, -0.2) is 29.3 Å². The van der Waals surface area contributed by atoms with Crippen LogP contribution in [0.15, 0.2) is 12.1 Å². The third-order valence-electron chi connectivity index (χ3n) is 2.14. The molecule has 0 radical (unpaired) electrons. The van der Waals surface area contributed by atoms with Crippen LogP contribution in [0.4, 0.5) is 0 Å². The van der Waals surface area contributed by atoms with Gasteiger partial charge in [0.05, 0.1) is 12.1 Å². The van der Waals surface area contributed by atoms with Crippen molar-refractivity contribution in [2.45, 2.75) is 12.5 Å². The standard InChI is InChI=1S/C10H12ClNO4/c1-16-7-3-2-5(8(11)9(7)13)4-6(12)10(14)15/h2-3,6,13H,4,12H2,1H3,(H,14,15)/t6-/m1/s1. The molecule has 0 amide bonds. The number of carboxylic acid groups (broad SMARTS) is 1. The van der Waals surface area contributed by atoms with Crippen molar-refractivity contribution in [1.29, 1.82) is 0 Å². The number of hydrogen-bond acceptors (Lipinski definition) is 4. The molecular formula is C10H12ClNO4. The second kappa shape index (κ2) is 5.05. The van der Waals surface area contributed by atoms with Gasteiger partial charge >= 0.3 is 5.97 Å². The van der Waals surface area contributed by atoms with E-state index in [0.717, 1.165) is 0 Å². The van der Waals surface area contributed by atoms with Gasteiger partial charge in [-0.1, -0.05) is 17.7 Å². The van der Waals surface area contributed by atoms with Crippen molar-refractivity contribution in [3.63, 3.8) is 0 Å². The summed E-state index contributed by atoms with van der Waals surface area (Å²) in [5, 5.41) is 18.3. The molecule has 1 aromatic carbocycles. The number of ether oxygens (including phenoxy) is 1. The summed E-state index contributed by atoms with van der Waals surface area (Å²) in [4.78, 5) is 10.6. The maximum Gasteiger partial charge on any atom is 0.320 e. The fraction of sp³-hybridized carbons (Fsp3) is 0.300. The van der Waals surface area contributed by atoms with Crippen LogP contribution in [0.25, 0.3) is 0 Å². The Balaban J connectivity index is 2.99. The van der Waals surface area contributed by atoms with E-state index in [1.165, 1.54) is 13.2 Å². The van der Waals surface area contributed by atoms with Gasteiger partial charge in [-0.2, -0.15) is 0 Å². The number of rotatable bonds is 4. The van der Waals surface area contributed by atoms with Crippen molar-refractivity contribution in [3.05, 3.63) is 22.7 Å². The van der Waals surface area contributed by atoms with Crippen molar-refractivity contribution in [2.75, 3.05) is 7.11 Å². The fourth-order valence-electron chi connectivity index (χ4n) is 1.24. The molecule has 0 spiro atoms. The van der Waals surface area contributed by atoms with E-state index in [4.69, 9.17) is 27.2 Å². The number of methoxy groups -OCH3 is 1. The van der Waals surface area contributed by atoms with Crippen LogP contribution in [0.1, 0.15) is 5.56 Å². The molecule has 0 unspecified atom stereocenters. The van der Waals surface area contributed by atoms with Gasteiger partial charge in [-0.25, -0.2) is 0 Å². The lowest BCUT2D eigenvalue weighted by atomic mass is 10.1. The lowest BCUT2D eigenvalue weighted by molar-refractivity contribution is -0.138. The predicted octanol–water partition coefficient (Wildman–Crippen LogP) is 1.01. The third-order valence-corrected chi connectivity index (χ3v) is 2.56.